The second kappa shape index (κ2) is 5.75. The zero-order valence-corrected chi connectivity index (χ0v) is 8.54. The van der Waals surface area contributed by atoms with Gasteiger partial charge in [0.05, 0.1) is 12.7 Å². The minimum Gasteiger partial charge on any atom is -0.478 e. The van der Waals surface area contributed by atoms with Crippen LogP contribution in [0, 0.1) is 5.92 Å². The summed E-state index contributed by atoms with van der Waals surface area (Å²) in [5.41, 5.74) is 0.176. The van der Waals surface area contributed by atoms with E-state index in [1.807, 2.05) is 0 Å². The van der Waals surface area contributed by atoms with E-state index >= 15 is 0 Å². The van der Waals surface area contributed by atoms with Gasteiger partial charge in [-0.1, -0.05) is 20.4 Å². The molecule has 0 radical (unpaired) electrons. The lowest BCUT2D eigenvalue weighted by atomic mass is 10.1. The molecular formula is C10H18O3. The Hall–Kier alpha value is -0.830. The molecule has 3 heteroatoms. The fourth-order valence-corrected chi connectivity index (χ4v) is 0.730. The number of carboxylic acid groups (broad SMARTS) is 1. The van der Waals surface area contributed by atoms with Crippen molar-refractivity contribution in [1.82, 2.24) is 0 Å². The van der Waals surface area contributed by atoms with Gasteiger partial charge in [0.25, 0.3) is 0 Å². The Balaban J connectivity index is 0.000000226. The summed E-state index contributed by atoms with van der Waals surface area (Å²) in [5.74, 6) is -0.123. The van der Waals surface area contributed by atoms with Crippen molar-refractivity contribution in [3.63, 3.8) is 0 Å². The first-order valence-electron chi connectivity index (χ1n) is 4.44. The van der Waals surface area contributed by atoms with Crippen LogP contribution in [0.1, 0.15) is 27.2 Å². The van der Waals surface area contributed by atoms with Crippen molar-refractivity contribution in [1.29, 1.82) is 0 Å². The average Bonchev–Trinajstić information content (AvgIpc) is 2.71. The number of rotatable bonds is 3. The maximum atomic E-state index is 9.60. The second-order valence-corrected chi connectivity index (χ2v) is 3.67. The smallest absolute Gasteiger partial charge is 0.330 e. The molecule has 1 saturated heterocycles. The lowest BCUT2D eigenvalue weighted by Crippen LogP contribution is -1.92. The third kappa shape index (κ3) is 9.08. The molecule has 1 heterocycles. The van der Waals surface area contributed by atoms with E-state index in [9.17, 15) is 4.79 Å². The SMILES string of the molecule is C=C(C)C(=O)O.CC(C)CC1CO1. The number of carboxylic acids is 1. The molecular weight excluding hydrogens is 168 g/mol. The van der Waals surface area contributed by atoms with Crippen molar-refractivity contribution in [2.24, 2.45) is 5.92 Å². The van der Waals surface area contributed by atoms with E-state index in [4.69, 9.17) is 9.84 Å². The molecule has 0 spiro atoms. The van der Waals surface area contributed by atoms with Gasteiger partial charge in [0, 0.05) is 5.57 Å². The Kier molecular flexibility index (Phi) is 5.39. The fourth-order valence-electron chi connectivity index (χ4n) is 0.730. The largest absolute Gasteiger partial charge is 0.478 e. The molecule has 0 aromatic rings. The molecule has 0 amide bonds. The third-order valence-corrected chi connectivity index (χ3v) is 1.50. The lowest BCUT2D eigenvalue weighted by molar-refractivity contribution is -0.132. The molecule has 0 aromatic heterocycles. The first kappa shape index (κ1) is 12.2. The molecule has 1 rings (SSSR count). The number of carbonyl (C=O) groups is 1. The van der Waals surface area contributed by atoms with Crippen molar-refractivity contribution in [3.8, 4) is 0 Å². The van der Waals surface area contributed by atoms with Gasteiger partial charge in [-0.05, 0) is 19.3 Å². The lowest BCUT2D eigenvalue weighted by Gasteiger charge is -1.95. The highest BCUT2D eigenvalue weighted by Gasteiger charge is 2.22. The molecule has 1 aliphatic heterocycles. The molecule has 1 aliphatic rings. The molecule has 0 aliphatic carbocycles. The molecule has 1 fully saturated rings. The standard InChI is InChI=1S/C6H12O.C4H6O2/c1-5(2)3-6-4-7-6;1-3(2)4(5)6/h5-6H,3-4H2,1-2H3;1H2,2H3,(H,5,6). The van der Waals surface area contributed by atoms with Crippen LogP contribution in [-0.4, -0.2) is 23.8 Å². The summed E-state index contributed by atoms with van der Waals surface area (Å²) >= 11 is 0. The van der Waals surface area contributed by atoms with Crippen LogP contribution in [0.5, 0.6) is 0 Å². The van der Waals surface area contributed by atoms with E-state index in [0.29, 0.717) is 6.10 Å². The Labute approximate surface area is 79.4 Å². The Morgan fingerprint density at radius 2 is 2.08 bits per heavy atom. The van der Waals surface area contributed by atoms with Gasteiger partial charge in [0.15, 0.2) is 0 Å². The molecule has 0 saturated carbocycles. The highest BCUT2D eigenvalue weighted by atomic mass is 16.6. The van der Waals surface area contributed by atoms with Crippen LogP contribution in [0.4, 0.5) is 0 Å². The van der Waals surface area contributed by atoms with Gasteiger partial charge in [-0.25, -0.2) is 4.79 Å². The monoisotopic (exact) mass is 186 g/mol. The molecule has 1 unspecified atom stereocenters. The Bertz CT molecular complexity index is 169. The van der Waals surface area contributed by atoms with E-state index in [1.54, 1.807) is 0 Å². The van der Waals surface area contributed by atoms with Gasteiger partial charge >= 0.3 is 5.97 Å². The van der Waals surface area contributed by atoms with Gasteiger partial charge in [-0.15, -0.1) is 0 Å². The maximum absolute atomic E-state index is 9.60. The average molecular weight is 186 g/mol. The van der Waals surface area contributed by atoms with Crippen LogP contribution in [-0.2, 0) is 9.53 Å². The first-order chi connectivity index (χ1) is 5.93. The van der Waals surface area contributed by atoms with E-state index in [-0.39, 0.29) is 5.57 Å². The van der Waals surface area contributed by atoms with Crippen molar-refractivity contribution in [2.45, 2.75) is 33.3 Å². The molecule has 1 N–H and O–H groups in total. The van der Waals surface area contributed by atoms with Crippen molar-refractivity contribution < 1.29 is 14.6 Å². The molecule has 0 aromatic carbocycles. The van der Waals surface area contributed by atoms with Gasteiger partial charge < -0.3 is 9.84 Å². The van der Waals surface area contributed by atoms with Crippen LogP contribution in [0.2, 0.25) is 0 Å². The van der Waals surface area contributed by atoms with Gasteiger partial charge in [0.1, 0.15) is 0 Å². The molecule has 0 bridgehead atoms. The fraction of sp³-hybridized carbons (Fsp3) is 0.700. The number of hydrogen-bond acceptors (Lipinski definition) is 2. The number of ether oxygens (including phenoxy) is 1. The normalized spacial score (nSPS) is 18.9. The second-order valence-electron chi connectivity index (χ2n) is 3.67. The van der Waals surface area contributed by atoms with Crippen LogP contribution in [0.15, 0.2) is 12.2 Å². The summed E-state index contributed by atoms with van der Waals surface area (Å²) in [5, 5.41) is 7.89. The Morgan fingerprint density at radius 3 is 2.15 bits per heavy atom. The maximum Gasteiger partial charge on any atom is 0.330 e. The van der Waals surface area contributed by atoms with Crippen LogP contribution < -0.4 is 0 Å². The van der Waals surface area contributed by atoms with Crippen LogP contribution in [0.25, 0.3) is 0 Å². The highest BCUT2D eigenvalue weighted by molar-refractivity contribution is 5.84. The summed E-state index contributed by atoms with van der Waals surface area (Å²) in [6, 6.07) is 0. The number of epoxide rings is 1. The zero-order valence-electron chi connectivity index (χ0n) is 8.54. The molecule has 1 atom stereocenters. The predicted molar refractivity (Wildman–Crippen MR) is 51.6 cm³/mol. The van der Waals surface area contributed by atoms with Gasteiger partial charge in [-0.2, -0.15) is 0 Å². The summed E-state index contributed by atoms with van der Waals surface area (Å²) in [7, 11) is 0. The number of aliphatic carboxylic acids is 1. The Morgan fingerprint density at radius 1 is 1.69 bits per heavy atom. The zero-order chi connectivity index (χ0) is 10.4. The minimum absolute atomic E-state index is 0.176. The van der Waals surface area contributed by atoms with E-state index < -0.39 is 5.97 Å². The molecule has 3 nitrogen and oxygen atoms in total. The third-order valence-electron chi connectivity index (χ3n) is 1.50. The topological polar surface area (TPSA) is 49.8 Å². The van der Waals surface area contributed by atoms with Gasteiger partial charge in [0.2, 0.25) is 0 Å². The van der Waals surface area contributed by atoms with Crippen molar-refractivity contribution in [2.75, 3.05) is 6.61 Å². The van der Waals surface area contributed by atoms with Crippen LogP contribution in [0.3, 0.4) is 0 Å². The van der Waals surface area contributed by atoms with Crippen molar-refractivity contribution in [3.05, 3.63) is 12.2 Å². The molecule has 76 valence electrons. The molecule has 13 heavy (non-hydrogen) atoms. The van der Waals surface area contributed by atoms with Crippen molar-refractivity contribution >= 4 is 5.97 Å². The highest BCUT2D eigenvalue weighted by Crippen LogP contribution is 2.17. The van der Waals surface area contributed by atoms with E-state index in [1.165, 1.54) is 13.3 Å². The summed E-state index contributed by atoms with van der Waals surface area (Å²) in [4.78, 5) is 9.60. The summed E-state index contributed by atoms with van der Waals surface area (Å²) < 4.78 is 5.02. The summed E-state index contributed by atoms with van der Waals surface area (Å²) in [6.07, 6.45) is 1.87. The first-order valence-corrected chi connectivity index (χ1v) is 4.44. The van der Waals surface area contributed by atoms with Crippen LogP contribution >= 0.6 is 0 Å². The predicted octanol–water partition coefficient (Wildman–Crippen LogP) is 2.08. The van der Waals surface area contributed by atoms with Gasteiger partial charge in [-0.3, -0.25) is 0 Å². The number of hydrogen-bond donors (Lipinski definition) is 1. The quantitative estimate of drug-likeness (QED) is 0.542. The minimum atomic E-state index is -0.935. The summed E-state index contributed by atoms with van der Waals surface area (Å²) in [6.45, 7) is 10.1. The van der Waals surface area contributed by atoms with E-state index in [0.717, 1.165) is 12.5 Å². The van der Waals surface area contributed by atoms with E-state index in [2.05, 4.69) is 20.4 Å².